The van der Waals surface area contributed by atoms with Crippen LogP contribution in [0.4, 0.5) is 0 Å². The van der Waals surface area contributed by atoms with Crippen LogP contribution in [0, 0.1) is 6.92 Å². The summed E-state index contributed by atoms with van der Waals surface area (Å²) in [6.45, 7) is 3.82. The van der Waals surface area contributed by atoms with Gasteiger partial charge < -0.3 is 10.7 Å². The number of thioether (sulfide) groups is 1. The molecule has 5 heteroatoms. The molecular formula is C10H17N3OS. The predicted molar refractivity (Wildman–Crippen MR) is 63.2 cm³/mol. The molecule has 1 aromatic heterocycles. The molecule has 1 rings (SSSR count). The van der Waals surface area contributed by atoms with E-state index in [9.17, 15) is 4.79 Å². The lowest BCUT2D eigenvalue weighted by atomic mass is 10.2. The Bertz CT molecular complexity index is 362. The van der Waals surface area contributed by atoms with Gasteiger partial charge in [0, 0.05) is 23.6 Å². The van der Waals surface area contributed by atoms with Crippen LogP contribution in [0.3, 0.4) is 0 Å². The van der Waals surface area contributed by atoms with Gasteiger partial charge in [-0.3, -0.25) is 4.79 Å². The summed E-state index contributed by atoms with van der Waals surface area (Å²) in [6, 6.07) is 1.74. The smallest absolute Gasteiger partial charge is 0.251 e. The third kappa shape index (κ3) is 4.99. The largest absolute Gasteiger partial charge is 0.328 e. The molecule has 1 aromatic rings. The van der Waals surface area contributed by atoms with E-state index in [1.165, 1.54) is 6.07 Å². The first-order chi connectivity index (χ1) is 7.08. The van der Waals surface area contributed by atoms with Crippen molar-refractivity contribution in [1.82, 2.24) is 9.97 Å². The highest BCUT2D eigenvalue weighted by Crippen LogP contribution is 2.13. The molecule has 0 spiro atoms. The van der Waals surface area contributed by atoms with E-state index >= 15 is 0 Å². The molecule has 4 nitrogen and oxygen atoms in total. The molecule has 0 aliphatic heterocycles. The Balaban J connectivity index is 2.40. The summed E-state index contributed by atoms with van der Waals surface area (Å²) in [5.74, 6) is 0.938. The number of nitrogens with one attached hydrogen (secondary N) is 1. The van der Waals surface area contributed by atoms with Gasteiger partial charge in [0.05, 0.1) is 0 Å². The summed E-state index contributed by atoms with van der Waals surface area (Å²) in [6.07, 6.45) is 2.04. The fourth-order valence-electron chi connectivity index (χ4n) is 1.19. The average Bonchev–Trinajstić information content (AvgIpc) is 2.10. The van der Waals surface area contributed by atoms with Crippen molar-refractivity contribution in [1.29, 1.82) is 0 Å². The van der Waals surface area contributed by atoms with Gasteiger partial charge in [-0.05, 0) is 26.7 Å². The molecule has 3 N–H and O–H groups in total. The number of nitrogens with zero attached hydrogens (tertiary/aromatic N) is 1. The number of aromatic nitrogens is 2. The second kappa shape index (κ2) is 5.92. The number of hydrogen-bond acceptors (Lipinski definition) is 4. The van der Waals surface area contributed by atoms with Crippen molar-refractivity contribution in [3.8, 4) is 0 Å². The molecule has 15 heavy (non-hydrogen) atoms. The third-order valence-electron chi connectivity index (χ3n) is 1.89. The number of H-pyrrole nitrogens is 1. The number of aromatic amines is 1. The Hall–Kier alpha value is -0.810. The summed E-state index contributed by atoms with van der Waals surface area (Å²) >= 11 is 1.57. The van der Waals surface area contributed by atoms with Gasteiger partial charge in [-0.1, -0.05) is 11.8 Å². The van der Waals surface area contributed by atoms with Crippen molar-refractivity contribution in [2.75, 3.05) is 5.75 Å². The van der Waals surface area contributed by atoms with Crippen molar-refractivity contribution in [2.45, 2.75) is 37.9 Å². The van der Waals surface area contributed by atoms with Crippen LogP contribution >= 0.6 is 11.8 Å². The molecule has 0 saturated heterocycles. The fourth-order valence-corrected chi connectivity index (χ4v) is 2.08. The van der Waals surface area contributed by atoms with E-state index in [1.807, 2.05) is 13.8 Å². The maximum atomic E-state index is 11.1. The minimum Gasteiger partial charge on any atom is -0.328 e. The van der Waals surface area contributed by atoms with Crippen molar-refractivity contribution < 1.29 is 0 Å². The van der Waals surface area contributed by atoms with Crippen molar-refractivity contribution in [2.24, 2.45) is 5.73 Å². The summed E-state index contributed by atoms with van der Waals surface area (Å²) in [5, 5.41) is 0.699. The van der Waals surface area contributed by atoms with Crippen molar-refractivity contribution in [3.05, 3.63) is 22.1 Å². The first kappa shape index (κ1) is 12.3. The summed E-state index contributed by atoms with van der Waals surface area (Å²) in [7, 11) is 0. The van der Waals surface area contributed by atoms with Crippen LogP contribution < -0.4 is 11.3 Å². The molecule has 0 bridgehead atoms. The number of aryl methyl sites for hydroxylation is 1. The molecule has 84 valence electrons. The molecule has 1 unspecified atom stereocenters. The molecule has 0 amide bonds. The zero-order valence-corrected chi connectivity index (χ0v) is 9.93. The monoisotopic (exact) mass is 227 g/mol. The Labute approximate surface area is 93.7 Å². The highest BCUT2D eigenvalue weighted by molar-refractivity contribution is 7.99. The maximum absolute atomic E-state index is 11.1. The highest BCUT2D eigenvalue weighted by Gasteiger charge is 2.00. The zero-order valence-electron chi connectivity index (χ0n) is 9.12. The Morgan fingerprint density at radius 1 is 1.67 bits per heavy atom. The first-order valence-electron chi connectivity index (χ1n) is 5.04. The predicted octanol–water partition coefficient (Wildman–Crippen LogP) is 1.30. The molecule has 0 aromatic carbocycles. The molecule has 1 heterocycles. The van der Waals surface area contributed by atoms with Gasteiger partial charge in [0.2, 0.25) is 0 Å². The van der Waals surface area contributed by atoms with Gasteiger partial charge in [0.15, 0.2) is 5.16 Å². The van der Waals surface area contributed by atoms with E-state index in [0.29, 0.717) is 5.16 Å². The minimum atomic E-state index is -0.0859. The molecule has 0 aliphatic rings. The highest BCUT2D eigenvalue weighted by atomic mass is 32.2. The molecule has 1 atom stereocenters. The zero-order chi connectivity index (χ0) is 11.3. The fraction of sp³-hybridized carbons (Fsp3) is 0.600. The quantitative estimate of drug-likeness (QED) is 0.452. The lowest BCUT2D eigenvalue weighted by molar-refractivity contribution is 0.656. The minimum absolute atomic E-state index is 0.0859. The first-order valence-corrected chi connectivity index (χ1v) is 6.03. The SMILES string of the molecule is Cc1cc(=O)[nH]c(SCCCC(C)N)n1. The number of rotatable bonds is 5. The number of hydrogen-bond donors (Lipinski definition) is 2. The van der Waals surface area contributed by atoms with Gasteiger partial charge in [-0.25, -0.2) is 4.98 Å². The van der Waals surface area contributed by atoms with Crippen LogP contribution in [-0.4, -0.2) is 21.8 Å². The van der Waals surface area contributed by atoms with Crippen LogP contribution in [0.25, 0.3) is 0 Å². The van der Waals surface area contributed by atoms with E-state index in [2.05, 4.69) is 9.97 Å². The van der Waals surface area contributed by atoms with E-state index in [0.717, 1.165) is 24.3 Å². The Kier molecular flexibility index (Phi) is 4.84. The molecule has 0 fully saturated rings. The van der Waals surface area contributed by atoms with Crippen LogP contribution in [0.15, 0.2) is 16.0 Å². The van der Waals surface area contributed by atoms with Crippen LogP contribution in [0.2, 0.25) is 0 Å². The molecule has 0 radical (unpaired) electrons. The summed E-state index contributed by atoms with van der Waals surface area (Å²) < 4.78 is 0. The Morgan fingerprint density at radius 2 is 2.40 bits per heavy atom. The second-order valence-corrected chi connectivity index (χ2v) is 4.74. The van der Waals surface area contributed by atoms with E-state index in [-0.39, 0.29) is 11.6 Å². The van der Waals surface area contributed by atoms with Crippen LogP contribution in [0.1, 0.15) is 25.5 Å². The standard InChI is InChI=1S/C10H17N3OS/c1-7(11)4-3-5-15-10-12-8(2)6-9(14)13-10/h6-7H,3-5,11H2,1-2H3,(H,12,13,14). The summed E-state index contributed by atoms with van der Waals surface area (Å²) in [5.41, 5.74) is 6.31. The van der Waals surface area contributed by atoms with Gasteiger partial charge in [-0.2, -0.15) is 0 Å². The maximum Gasteiger partial charge on any atom is 0.251 e. The number of nitrogens with two attached hydrogens (primary N) is 1. The van der Waals surface area contributed by atoms with Gasteiger partial charge in [0.25, 0.3) is 5.56 Å². The van der Waals surface area contributed by atoms with Gasteiger partial charge >= 0.3 is 0 Å². The van der Waals surface area contributed by atoms with E-state index in [1.54, 1.807) is 11.8 Å². The van der Waals surface area contributed by atoms with Crippen molar-refractivity contribution in [3.63, 3.8) is 0 Å². The lowest BCUT2D eigenvalue weighted by Gasteiger charge is -2.04. The van der Waals surface area contributed by atoms with Crippen molar-refractivity contribution >= 4 is 11.8 Å². The van der Waals surface area contributed by atoms with Gasteiger partial charge in [0.1, 0.15) is 0 Å². The molecule has 0 aliphatic carbocycles. The normalized spacial score (nSPS) is 12.7. The molecule has 0 saturated carbocycles. The van der Waals surface area contributed by atoms with E-state index in [4.69, 9.17) is 5.73 Å². The summed E-state index contributed by atoms with van der Waals surface area (Å²) in [4.78, 5) is 18.1. The second-order valence-electron chi connectivity index (χ2n) is 3.66. The van der Waals surface area contributed by atoms with Crippen LogP contribution in [-0.2, 0) is 0 Å². The Morgan fingerprint density at radius 3 is 3.00 bits per heavy atom. The third-order valence-corrected chi connectivity index (χ3v) is 2.85. The topological polar surface area (TPSA) is 71.8 Å². The average molecular weight is 227 g/mol. The van der Waals surface area contributed by atoms with Gasteiger partial charge in [-0.15, -0.1) is 0 Å². The molecular weight excluding hydrogens is 210 g/mol. The van der Waals surface area contributed by atoms with E-state index < -0.39 is 0 Å². The van der Waals surface area contributed by atoms with Crippen LogP contribution in [0.5, 0.6) is 0 Å². The lowest BCUT2D eigenvalue weighted by Crippen LogP contribution is -2.14.